The van der Waals surface area contributed by atoms with Crippen LogP contribution in [0.3, 0.4) is 0 Å². The van der Waals surface area contributed by atoms with Crippen LogP contribution < -0.4 is 14.2 Å². The highest BCUT2D eigenvalue weighted by Gasteiger charge is 2.25. The van der Waals surface area contributed by atoms with Gasteiger partial charge in [0, 0.05) is 25.2 Å². The monoisotopic (exact) mass is 528 g/mol. The maximum absolute atomic E-state index is 14.3. The van der Waals surface area contributed by atoms with E-state index < -0.39 is 21.8 Å². The number of methoxy groups -OCH3 is 1. The fourth-order valence-electron chi connectivity index (χ4n) is 3.59. The Kier molecular flexibility index (Phi) is 8.88. The molecule has 196 valence electrons. The lowest BCUT2D eigenvalue weighted by molar-refractivity contribution is -0.114. The zero-order chi connectivity index (χ0) is 27.2. The number of nitrogens with one attached hydrogen (secondary N) is 1. The second-order valence-corrected chi connectivity index (χ2v) is 9.94. The van der Waals surface area contributed by atoms with Crippen LogP contribution in [0.25, 0.3) is 0 Å². The van der Waals surface area contributed by atoms with E-state index in [1.54, 1.807) is 18.2 Å². The van der Waals surface area contributed by atoms with Crippen LogP contribution in [0.4, 0.5) is 10.1 Å². The highest BCUT2D eigenvalue weighted by atomic mass is 32.2. The van der Waals surface area contributed by atoms with Gasteiger partial charge in [0.1, 0.15) is 10.7 Å². The molecule has 0 saturated heterocycles. The van der Waals surface area contributed by atoms with Crippen LogP contribution in [0.15, 0.2) is 71.6 Å². The van der Waals surface area contributed by atoms with Crippen LogP contribution in [0, 0.1) is 5.82 Å². The lowest BCUT2D eigenvalue weighted by atomic mass is 10.1. The SMILES string of the molecule is CC[C@@H](C)N(Cc1ccc(OC)c(OS(=O)(=O)c2ccc(NC(C)=O)cc2)c1)C(=O)c1ccccc1F. The van der Waals surface area contributed by atoms with Crippen LogP contribution in [-0.4, -0.2) is 38.3 Å². The molecule has 3 aromatic carbocycles. The summed E-state index contributed by atoms with van der Waals surface area (Å²) in [6.45, 7) is 5.21. The van der Waals surface area contributed by atoms with Crippen molar-refractivity contribution in [3.05, 3.63) is 83.7 Å². The third-order valence-electron chi connectivity index (χ3n) is 5.73. The molecule has 10 heteroatoms. The maximum atomic E-state index is 14.3. The lowest BCUT2D eigenvalue weighted by Gasteiger charge is -2.29. The molecule has 0 heterocycles. The number of nitrogens with zero attached hydrogens (tertiary/aromatic N) is 1. The van der Waals surface area contributed by atoms with Gasteiger partial charge in [-0.1, -0.05) is 25.1 Å². The van der Waals surface area contributed by atoms with Gasteiger partial charge < -0.3 is 19.1 Å². The first-order chi connectivity index (χ1) is 17.6. The number of rotatable bonds is 10. The minimum atomic E-state index is -4.25. The molecule has 1 N–H and O–H groups in total. The molecule has 0 bridgehead atoms. The zero-order valence-corrected chi connectivity index (χ0v) is 21.8. The smallest absolute Gasteiger partial charge is 0.339 e. The lowest BCUT2D eigenvalue weighted by Crippen LogP contribution is -2.38. The molecule has 3 rings (SSSR count). The summed E-state index contributed by atoms with van der Waals surface area (Å²) in [6, 6.07) is 15.8. The summed E-state index contributed by atoms with van der Waals surface area (Å²) in [6.07, 6.45) is 0.628. The summed E-state index contributed by atoms with van der Waals surface area (Å²) in [5, 5.41) is 2.56. The third kappa shape index (κ3) is 6.85. The van der Waals surface area contributed by atoms with Crippen LogP contribution in [0.1, 0.15) is 43.1 Å². The average Bonchev–Trinajstić information content (AvgIpc) is 2.86. The van der Waals surface area contributed by atoms with E-state index in [1.165, 1.54) is 67.5 Å². The van der Waals surface area contributed by atoms with Gasteiger partial charge in [0.05, 0.1) is 12.7 Å². The number of benzene rings is 3. The standard InChI is InChI=1S/C27H29FN2O6S/c1-5-18(2)30(27(32)23-8-6-7-9-24(23)28)17-20-10-15-25(35-4)26(16-20)36-37(33,34)22-13-11-21(12-14-22)29-19(3)31/h6-16,18H,5,17H2,1-4H3,(H,29,31)/t18-/m1/s1. The molecule has 0 aliphatic heterocycles. The first kappa shape index (κ1) is 27.7. The van der Waals surface area contributed by atoms with Gasteiger partial charge in [0.15, 0.2) is 11.5 Å². The Balaban J connectivity index is 1.90. The average molecular weight is 529 g/mol. The second kappa shape index (κ2) is 11.9. The molecule has 8 nitrogen and oxygen atoms in total. The van der Waals surface area contributed by atoms with E-state index in [2.05, 4.69) is 5.32 Å². The molecular formula is C27H29FN2O6S. The molecule has 0 radical (unpaired) electrons. The number of halogens is 1. The minimum absolute atomic E-state index is 0.0435. The number of hydrogen-bond donors (Lipinski definition) is 1. The fraction of sp³-hybridized carbons (Fsp3) is 0.259. The fourth-order valence-corrected chi connectivity index (χ4v) is 4.53. The van der Waals surface area contributed by atoms with Crippen molar-refractivity contribution in [3.8, 4) is 11.5 Å². The summed E-state index contributed by atoms with van der Waals surface area (Å²) >= 11 is 0. The molecule has 0 aliphatic carbocycles. The Morgan fingerprint density at radius 1 is 1.03 bits per heavy atom. The predicted octanol–water partition coefficient (Wildman–Crippen LogP) is 5.00. The van der Waals surface area contributed by atoms with Crippen molar-refractivity contribution in [1.82, 2.24) is 4.90 Å². The van der Waals surface area contributed by atoms with E-state index in [-0.39, 0.29) is 40.5 Å². The number of carbonyl (C=O) groups is 2. The van der Waals surface area contributed by atoms with Crippen molar-refractivity contribution in [1.29, 1.82) is 0 Å². The number of amides is 2. The zero-order valence-electron chi connectivity index (χ0n) is 21.0. The largest absolute Gasteiger partial charge is 0.493 e. The summed E-state index contributed by atoms with van der Waals surface area (Å²) in [5.41, 5.74) is 0.964. The quantitative estimate of drug-likeness (QED) is 0.372. The van der Waals surface area contributed by atoms with Gasteiger partial charge in [-0.15, -0.1) is 0 Å². The van der Waals surface area contributed by atoms with Gasteiger partial charge in [-0.25, -0.2) is 4.39 Å². The van der Waals surface area contributed by atoms with E-state index >= 15 is 0 Å². The van der Waals surface area contributed by atoms with Gasteiger partial charge in [0.25, 0.3) is 5.91 Å². The molecule has 0 aliphatic rings. The Labute approximate surface area is 216 Å². The maximum Gasteiger partial charge on any atom is 0.339 e. The normalized spacial score (nSPS) is 11.9. The van der Waals surface area contributed by atoms with Crippen molar-refractivity contribution < 1.29 is 31.3 Å². The van der Waals surface area contributed by atoms with E-state index in [0.717, 1.165) is 0 Å². The Bertz CT molecular complexity index is 1380. The van der Waals surface area contributed by atoms with Gasteiger partial charge in [-0.2, -0.15) is 8.42 Å². The number of ether oxygens (including phenoxy) is 1. The third-order valence-corrected chi connectivity index (χ3v) is 6.98. The van der Waals surface area contributed by atoms with E-state index in [4.69, 9.17) is 8.92 Å². The second-order valence-electron chi connectivity index (χ2n) is 8.40. The molecule has 1 atom stereocenters. The molecule has 0 spiro atoms. The Hall–Kier alpha value is -3.92. The number of carbonyl (C=O) groups excluding carboxylic acids is 2. The number of hydrogen-bond acceptors (Lipinski definition) is 6. The minimum Gasteiger partial charge on any atom is -0.493 e. The van der Waals surface area contributed by atoms with Crippen molar-refractivity contribution in [2.75, 3.05) is 12.4 Å². The molecule has 37 heavy (non-hydrogen) atoms. The molecule has 0 unspecified atom stereocenters. The van der Waals surface area contributed by atoms with Crippen molar-refractivity contribution >= 4 is 27.6 Å². The number of anilines is 1. The molecule has 2 amide bonds. The van der Waals surface area contributed by atoms with Crippen LogP contribution >= 0.6 is 0 Å². The van der Waals surface area contributed by atoms with Crippen LogP contribution in [0.2, 0.25) is 0 Å². The van der Waals surface area contributed by atoms with Crippen molar-refractivity contribution in [2.45, 2.75) is 44.7 Å². The van der Waals surface area contributed by atoms with Crippen LogP contribution in [0.5, 0.6) is 11.5 Å². The van der Waals surface area contributed by atoms with Gasteiger partial charge in [0.2, 0.25) is 5.91 Å². The van der Waals surface area contributed by atoms with Crippen LogP contribution in [-0.2, 0) is 21.5 Å². The summed E-state index contributed by atoms with van der Waals surface area (Å²) < 4.78 is 50.9. The topological polar surface area (TPSA) is 102 Å². The van der Waals surface area contributed by atoms with E-state index in [1.807, 2.05) is 13.8 Å². The molecule has 3 aromatic rings. The van der Waals surface area contributed by atoms with Crippen molar-refractivity contribution in [3.63, 3.8) is 0 Å². The predicted molar refractivity (Wildman–Crippen MR) is 138 cm³/mol. The molecule has 0 saturated carbocycles. The van der Waals surface area contributed by atoms with E-state index in [0.29, 0.717) is 17.7 Å². The molecule has 0 fully saturated rings. The first-order valence-electron chi connectivity index (χ1n) is 11.6. The molecular weight excluding hydrogens is 499 g/mol. The Morgan fingerprint density at radius 3 is 2.30 bits per heavy atom. The van der Waals surface area contributed by atoms with E-state index in [9.17, 15) is 22.4 Å². The summed E-state index contributed by atoms with van der Waals surface area (Å²) in [7, 11) is -2.87. The highest BCUT2D eigenvalue weighted by Crippen LogP contribution is 2.32. The van der Waals surface area contributed by atoms with Gasteiger partial charge in [-0.3, -0.25) is 9.59 Å². The van der Waals surface area contributed by atoms with Crippen molar-refractivity contribution in [2.24, 2.45) is 0 Å². The first-order valence-corrected chi connectivity index (χ1v) is 13.0. The highest BCUT2D eigenvalue weighted by molar-refractivity contribution is 7.87. The van der Waals surface area contributed by atoms with Gasteiger partial charge >= 0.3 is 10.1 Å². The summed E-state index contributed by atoms with van der Waals surface area (Å²) in [5.74, 6) is -1.26. The Morgan fingerprint density at radius 2 is 1.70 bits per heavy atom. The molecule has 0 aromatic heterocycles. The van der Waals surface area contributed by atoms with Gasteiger partial charge in [-0.05, 0) is 67.4 Å². The summed E-state index contributed by atoms with van der Waals surface area (Å²) in [4.78, 5) is 25.8.